The molecule has 0 unspecified atom stereocenters. The highest BCUT2D eigenvalue weighted by atomic mass is 14.5. The van der Waals surface area contributed by atoms with E-state index in [-0.39, 0.29) is 5.41 Å². The van der Waals surface area contributed by atoms with E-state index in [0.29, 0.717) is 0 Å². The lowest BCUT2D eigenvalue weighted by Crippen LogP contribution is -2.31. The monoisotopic (exact) mass is 374 g/mol. The van der Waals surface area contributed by atoms with Crippen molar-refractivity contribution < 1.29 is 0 Å². The van der Waals surface area contributed by atoms with Crippen LogP contribution in [0.2, 0.25) is 0 Å². The maximum Gasteiger partial charge on any atom is 0.0295 e. The Kier molecular flexibility index (Phi) is 4.36. The van der Waals surface area contributed by atoms with Gasteiger partial charge in [0.15, 0.2) is 0 Å². The molecule has 0 N–H and O–H groups in total. The van der Waals surface area contributed by atoms with Crippen molar-refractivity contribution in [1.29, 1.82) is 0 Å². The molecule has 1 aliphatic carbocycles. The highest BCUT2D eigenvalue weighted by molar-refractivity contribution is 5.82. The van der Waals surface area contributed by atoms with Crippen LogP contribution in [0.25, 0.3) is 11.1 Å². The van der Waals surface area contributed by atoms with Crippen LogP contribution in [0, 0.1) is 13.8 Å². The van der Waals surface area contributed by atoms with Crippen LogP contribution in [0.15, 0.2) is 97.1 Å². The zero-order chi connectivity index (χ0) is 19.8. The summed E-state index contributed by atoms with van der Waals surface area (Å²) < 4.78 is 0. The zero-order valence-electron chi connectivity index (χ0n) is 17.2. The molecule has 4 aromatic carbocycles. The van der Waals surface area contributed by atoms with Crippen LogP contribution in [0.5, 0.6) is 0 Å². The Morgan fingerprint density at radius 3 is 1.34 bits per heavy atom. The molecule has 0 heterocycles. The number of hydrogen-bond acceptors (Lipinski definition) is 0. The van der Waals surface area contributed by atoms with Gasteiger partial charge in [-0.05, 0) is 60.1 Å². The first-order chi connectivity index (χ1) is 14.2. The van der Waals surface area contributed by atoms with Crippen LogP contribution in [-0.4, -0.2) is 0 Å². The summed E-state index contributed by atoms with van der Waals surface area (Å²) in [6.07, 6.45) is 2.02. The third-order valence-corrected chi connectivity index (χ3v) is 6.37. The van der Waals surface area contributed by atoms with E-state index in [0.717, 1.165) is 12.8 Å². The van der Waals surface area contributed by atoms with Gasteiger partial charge in [0, 0.05) is 5.41 Å². The fourth-order valence-corrected chi connectivity index (χ4v) is 5.05. The standard InChI is InChI=1S/C29H26/c1-21-13-15-25-26-16-14-22(2)18-28(26)29(27(25)17-21,19-23-9-5-3-6-10-23)20-24-11-7-4-8-12-24/h3-18H,19-20H2,1-2H3. The second-order valence-corrected chi connectivity index (χ2v) is 8.50. The molecule has 142 valence electrons. The maximum absolute atomic E-state index is 2.43. The van der Waals surface area contributed by atoms with Crippen molar-refractivity contribution in [2.45, 2.75) is 32.1 Å². The molecule has 0 heteroatoms. The first-order valence-corrected chi connectivity index (χ1v) is 10.5. The summed E-state index contributed by atoms with van der Waals surface area (Å²) in [5, 5.41) is 0. The fraction of sp³-hybridized carbons (Fsp3) is 0.172. The third-order valence-electron chi connectivity index (χ3n) is 6.37. The summed E-state index contributed by atoms with van der Waals surface area (Å²) in [6.45, 7) is 4.43. The first-order valence-electron chi connectivity index (χ1n) is 10.5. The molecule has 0 fully saturated rings. The Balaban J connectivity index is 1.79. The molecule has 0 bridgehead atoms. The van der Waals surface area contributed by atoms with Crippen LogP contribution in [0.1, 0.15) is 33.4 Å². The molecule has 0 atom stereocenters. The van der Waals surface area contributed by atoms with Crippen LogP contribution >= 0.6 is 0 Å². The lowest BCUT2D eigenvalue weighted by molar-refractivity contribution is 0.519. The quantitative estimate of drug-likeness (QED) is 0.359. The summed E-state index contributed by atoms with van der Waals surface area (Å²) in [4.78, 5) is 0. The maximum atomic E-state index is 2.43. The van der Waals surface area contributed by atoms with Gasteiger partial charge >= 0.3 is 0 Å². The van der Waals surface area contributed by atoms with E-state index in [1.165, 1.54) is 44.5 Å². The SMILES string of the molecule is Cc1ccc2c(c1)C(Cc1ccccc1)(Cc1ccccc1)c1cc(C)ccc1-2. The van der Waals surface area contributed by atoms with Crippen molar-refractivity contribution in [2.24, 2.45) is 0 Å². The average Bonchev–Trinajstić information content (AvgIpc) is 2.98. The molecule has 0 saturated heterocycles. The molecule has 0 aromatic heterocycles. The van der Waals surface area contributed by atoms with E-state index in [1.807, 2.05) is 0 Å². The minimum Gasteiger partial charge on any atom is -0.0622 e. The Hall–Kier alpha value is -3.12. The zero-order valence-corrected chi connectivity index (χ0v) is 17.2. The minimum absolute atomic E-state index is 0.0502. The molecule has 5 rings (SSSR count). The van der Waals surface area contributed by atoms with Crippen LogP contribution in [0.4, 0.5) is 0 Å². The number of benzene rings is 4. The molecular weight excluding hydrogens is 348 g/mol. The molecule has 4 aromatic rings. The second-order valence-electron chi connectivity index (χ2n) is 8.50. The van der Waals surface area contributed by atoms with Gasteiger partial charge in [0.25, 0.3) is 0 Å². The Morgan fingerprint density at radius 2 is 0.931 bits per heavy atom. The van der Waals surface area contributed by atoms with Crippen molar-refractivity contribution in [3.63, 3.8) is 0 Å². The Labute approximate surface area is 173 Å². The lowest BCUT2D eigenvalue weighted by Gasteiger charge is -2.33. The smallest absolute Gasteiger partial charge is 0.0295 e. The van der Waals surface area contributed by atoms with E-state index in [2.05, 4.69) is 111 Å². The minimum atomic E-state index is -0.0502. The van der Waals surface area contributed by atoms with Crippen LogP contribution in [0.3, 0.4) is 0 Å². The number of hydrogen-bond donors (Lipinski definition) is 0. The van der Waals surface area contributed by atoms with E-state index in [9.17, 15) is 0 Å². The van der Waals surface area contributed by atoms with E-state index in [4.69, 9.17) is 0 Å². The van der Waals surface area contributed by atoms with E-state index < -0.39 is 0 Å². The summed E-state index contributed by atoms with van der Waals surface area (Å²) >= 11 is 0. The molecule has 1 aliphatic rings. The van der Waals surface area contributed by atoms with Crippen molar-refractivity contribution in [1.82, 2.24) is 0 Å². The molecule has 29 heavy (non-hydrogen) atoms. The summed E-state index contributed by atoms with van der Waals surface area (Å²) in [5.74, 6) is 0. The van der Waals surface area contributed by atoms with Crippen LogP contribution in [-0.2, 0) is 18.3 Å². The number of rotatable bonds is 4. The highest BCUT2D eigenvalue weighted by Gasteiger charge is 2.43. The number of aryl methyl sites for hydroxylation is 2. The third kappa shape index (κ3) is 3.09. The molecule has 0 saturated carbocycles. The van der Waals surface area contributed by atoms with Gasteiger partial charge in [-0.1, -0.05) is 108 Å². The van der Waals surface area contributed by atoms with Gasteiger partial charge in [0.2, 0.25) is 0 Å². The lowest BCUT2D eigenvalue weighted by atomic mass is 9.69. The molecule has 0 nitrogen and oxygen atoms in total. The molecule has 0 amide bonds. The average molecular weight is 375 g/mol. The van der Waals surface area contributed by atoms with E-state index >= 15 is 0 Å². The molecular formula is C29H26. The Morgan fingerprint density at radius 1 is 0.517 bits per heavy atom. The van der Waals surface area contributed by atoms with Gasteiger partial charge < -0.3 is 0 Å². The Bertz CT molecular complexity index is 1060. The second kappa shape index (κ2) is 7.04. The normalized spacial score (nSPS) is 13.7. The van der Waals surface area contributed by atoms with Gasteiger partial charge in [0.1, 0.15) is 0 Å². The van der Waals surface area contributed by atoms with Crippen molar-refractivity contribution >= 4 is 0 Å². The predicted octanol–water partition coefficient (Wildman–Crippen LogP) is 7.06. The van der Waals surface area contributed by atoms with Gasteiger partial charge in [-0.25, -0.2) is 0 Å². The number of fused-ring (bicyclic) bond motifs is 3. The van der Waals surface area contributed by atoms with Gasteiger partial charge in [-0.3, -0.25) is 0 Å². The molecule has 0 radical (unpaired) electrons. The highest BCUT2D eigenvalue weighted by Crippen LogP contribution is 2.52. The van der Waals surface area contributed by atoms with Gasteiger partial charge in [-0.2, -0.15) is 0 Å². The fourth-order valence-electron chi connectivity index (χ4n) is 5.05. The van der Waals surface area contributed by atoms with E-state index in [1.54, 1.807) is 0 Å². The summed E-state index contributed by atoms with van der Waals surface area (Å²) in [6, 6.07) is 36.0. The first kappa shape index (κ1) is 17.9. The molecule has 0 aliphatic heterocycles. The molecule has 0 spiro atoms. The largest absolute Gasteiger partial charge is 0.0622 e. The van der Waals surface area contributed by atoms with Gasteiger partial charge in [0.05, 0.1) is 0 Å². The van der Waals surface area contributed by atoms with Crippen LogP contribution < -0.4 is 0 Å². The van der Waals surface area contributed by atoms with Crippen molar-refractivity contribution in [3.05, 3.63) is 130 Å². The predicted molar refractivity (Wildman–Crippen MR) is 122 cm³/mol. The van der Waals surface area contributed by atoms with Crippen molar-refractivity contribution in [3.8, 4) is 11.1 Å². The van der Waals surface area contributed by atoms with Gasteiger partial charge in [-0.15, -0.1) is 0 Å². The summed E-state index contributed by atoms with van der Waals surface area (Å²) in [5.41, 5.74) is 11.2. The topological polar surface area (TPSA) is 0 Å². The summed E-state index contributed by atoms with van der Waals surface area (Å²) in [7, 11) is 0. The van der Waals surface area contributed by atoms with Crippen molar-refractivity contribution in [2.75, 3.05) is 0 Å².